The molecule has 0 spiro atoms. The van der Waals surface area contributed by atoms with Crippen LogP contribution in [0.3, 0.4) is 0 Å². The molecule has 0 saturated carbocycles. The second-order valence-electron chi connectivity index (χ2n) is 6.34. The average Bonchev–Trinajstić information content (AvgIpc) is 2.81. The van der Waals surface area contributed by atoms with Gasteiger partial charge in [0.2, 0.25) is 0 Å². The molecule has 128 valence electrons. The monoisotopic (exact) mass is 355 g/mol. The number of aromatic nitrogens is 1. The molecule has 0 bridgehead atoms. The van der Waals surface area contributed by atoms with Crippen molar-refractivity contribution in [3.05, 3.63) is 33.4 Å². The van der Waals surface area contributed by atoms with Crippen LogP contribution in [0.2, 0.25) is 0 Å². The van der Waals surface area contributed by atoms with Gasteiger partial charge in [-0.25, -0.2) is 0 Å². The third-order valence-electron chi connectivity index (χ3n) is 4.77. The number of piperidine rings is 1. The van der Waals surface area contributed by atoms with Crippen LogP contribution in [0.25, 0.3) is 10.2 Å². The summed E-state index contributed by atoms with van der Waals surface area (Å²) in [4.78, 5) is 14.4. The number of nitrogens with zero attached hydrogens (tertiary/aromatic N) is 2. The second kappa shape index (κ2) is 8.29. The predicted octanol–water partition coefficient (Wildman–Crippen LogP) is 2.84. The highest BCUT2D eigenvalue weighted by atomic mass is 35.5. The van der Waals surface area contributed by atoms with Gasteiger partial charge in [-0.05, 0) is 69.6 Å². The first-order valence-corrected chi connectivity index (χ1v) is 8.94. The Kier molecular flexibility index (Phi) is 6.65. The van der Waals surface area contributed by atoms with Gasteiger partial charge in [0.1, 0.15) is 0 Å². The smallest absolute Gasteiger partial charge is 0.307 e. The van der Waals surface area contributed by atoms with E-state index in [0.717, 1.165) is 29.2 Å². The number of thiazole rings is 1. The van der Waals surface area contributed by atoms with Crippen LogP contribution >= 0.6 is 23.7 Å². The zero-order valence-electron chi connectivity index (χ0n) is 13.9. The Morgan fingerprint density at radius 3 is 2.74 bits per heavy atom. The molecule has 1 fully saturated rings. The Bertz CT molecular complexity index is 689. The number of benzene rings is 1. The summed E-state index contributed by atoms with van der Waals surface area (Å²) in [6, 6.07) is 6.44. The lowest BCUT2D eigenvalue weighted by atomic mass is 9.93. The number of rotatable bonds is 5. The summed E-state index contributed by atoms with van der Waals surface area (Å²) < 4.78 is 2.84. The molecular weight excluding hydrogens is 330 g/mol. The third-order valence-corrected chi connectivity index (χ3v) is 5.77. The maximum Gasteiger partial charge on any atom is 0.307 e. The first-order chi connectivity index (χ1) is 10.7. The van der Waals surface area contributed by atoms with Crippen molar-refractivity contribution in [1.82, 2.24) is 14.8 Å². The largest absolute Gasteiger partial charge is 0.320 e. The number of hydrogen-bond donors (Lipinski definition) is 1. The number of likely N-dealkylation sites (tertiary alicyclic amines) is 1. The molecule has 4 nitrogen and oxygen atoms in total. The minimum Gasteiger partial charge on any atom is -0.320 e. The third kappa shape index (κ3) is 4.35. The van der Waals surface area contributed by atoms with E-state index in [2.05, 4.69) is 28.4 Å². The highest BCUT2D eigenvalue weighted by Crippen LogP contribution is 2.23. The van der Waals surface area contributed by atoms with Crippen molar-refractivity contribution >= 4 is 34.0 Å². The second-order valence-corrected chi connectivity index (χ2v) is 7.33. The van der Waals surface area contributed by atoms with Crippen LogP contribution in [0, 0.1) is 5.92 Å². The summed E-state index contributed by atoms with van der Waals surface area (Å²) in [5.41, 5.74) is 2.37. The van der Waals surface area contributed by atoms with Crippen molar-refractivity contribution in [2.24, 2.45) is 13.0 Å². The molecule has 1 aromatic carbocycles. The molecule has 0 atom stereocenters. The van der Waals surface area contributed by atoms with Gasteiger partial charge >= 0.3 is 4.87 Å². The Morgan fingerprint density at radius 1 is 1.30 bits per heavy atom. The molecule has 1 aliphatic heterocycles. The number of aryl methyl sites for hydroxylation is 1. The van der Waals surface area contributed by atoms with E-state index in [1.54, 1.807) is 4.57 Å². The van der Waals surface area contributed by atoms with Crippen molar-refractivity contribution in [1.29, 1.82) is 0 Å². The van der Waals surface area contributed by atoms with E-state index in [0.29, 0.717) is 0 Å². The normalized spacial score (nSPS) is 16.6. The van der Waals surface area contributed by atoms with Crippen LogP contribution < -0.4 is 10.2 Å². The van der Waals surface area contributed by atoms with E-state index in [1.165, 1.54) is 49.3 Å². The minimum atomic E-state index is 0. The maximum atomic E-state index is 11.7. The molecule has 1 saturated heterocycles. The van der Waals surface area contributed by atoms with Crippen molar-refractivity contribution in [2.75, 3.05) is 26.7 Å². The van der Waals surface area contributed by atoms with E-state index < -0.39 is 0 Å². The van der Waals surface area contributed by atoms with Gasteiger partial charge in [0.15, 0.2) is 0 Å². The van der Waals surface area contributed by atoms with Gasteiger partial charge in [-0.15, -0.1) is 12.4 Å². The molecule has 2 aromatic rings. The summed E-state index contributed by atoms with van der Waals surface area (Å²) in [5.74, 6) is 0.880. The number of nitrogens with one attached hydrogen (secondary N) is 1. The lowest BCUT2D eigenvalue weighted by Gasteiger charge is -2.32. The molecule has 1 N–H and O–H groups in total. The Morgan fingerprint density at radius 2 is 2.04 bits per heavy atom. The van der Waals surface area contributed by atoms with E-state index in [4.69, 9.17) is 0 Å². The maximum absolute atomic E-state index is 11.7. The molecule has 0 amide bonds. The molecule has 0 unspecified atom stereocenters. The van der Waals surface area contributed by atoms with Gasteiger partial charge in [0.05, 0.1) is 10.2 Å². The van der Waals surface area contributed by atoms with Crippen molar-refractivity contribution in [3.63, 3.8) is 0 Å². The fourth-order valence-corrected chi connectivity index (χ4v) is 4.26. The summed E-state index contributed by atoms with van der Waals surface area (Å²) in [7, 11) is 3.87. The van der Waals surface area contributed by atoms with Gasteiger partial charge in [-0.2, -0.15) is 0 Å². The zero-order chi connectivity index (χ0) is 15.5. The first kappa shape index (κ1) is 18.5. The van der Waals surface area contributed by atoms with Crippen LogP contribution in [0.5, 0.6) is 0 Å². The van der Waals surface area contributed by atoms with Crippen molar-refractivity contribution in [3.8, 4) is 0 Å². The topological polar surface area (TPSA) is 37.3 Å². The Balaban J connectivity index is 0.00000192. The molecule has 1 aromatic heterocycles. The standard InChI is InChI=1S/C17H25N3OS.ClH/c1-18-8-5-13-6-9-20(10-7-13)12-14-3-4-15-16(11-14)22-17(21)19(15)2;/h3-4,11,13,18H,5-10,12H2,1-2H3;1H. The van der Waals surface area contributed by atoms with E-state index in [9.17, 15) is 4.79 Å². The summed E-state index contributed by atoms with van der Waals surface area (Å²) in [6.45, 7) is 4.52. The Labute approximate surface area is 147 Å². The van der Waals surface area contributed by atoms with Gasteiger partial charge in [0.25, 0.3) is 0 Å². The van der Waals surface area contributed by atoms with Gasteiger partial charge in [0, 0.05) is 13.6 Å². The molecule has 2 heterocycles. The van der Waals surface area contributed by atoms with Crippen LogP contribution in [0.4, 0.5) is 0 Å². The van der Waals surface area contributed by atoms with Crippen LogP contribution in [-0.4, -0.2) is 36.1 Å². The average molecular weight is 356 g/mol. The van der Waals surface area contributed by atoms with Crippen molar-refractivity contribution in [2.45, 2.75) is 25.8 Å². The van der Waals surface area contributed by atoms with Gasteiger partial charge < -0.3 is 9.88 Å². The minimum absolute atomic E-state index is 0. The Hall–Kier alpha value is -0.880. The lowest BCUT2D eigenvalue weighted by molar-refractivity contribution is 0.172. The number of halogens is 1. The fourth-order valence-electron chi connectivity index (χ4n) is 3.32. The van der Waals surface area contributed by atoms with Gasteiger partial charge in [-0.1, -0.05) is 17.4 Å². The van der Waals surface area contributed by atoms with E-state index in [1.807, 2.05) is 14.1 Å². The van der Waals surface area contributed by atoms with Gasteiger partial charge in [-0.3, -0.25) is 9.69 Å². The van der Waals surface area contributed by atoms with Crippen LogP contribution in [-0.2, 0) is 13.6 Å². The molecule has 23 heavy (non-hydrogen) atoms. The highest BCUT2D eigenvalue weighted by Gasteiger charge is 2.19. The summed E-state index contributed by atoms with van der Waals surface area (Å²) in [5, 5.41) is 3.25. The molecule has 0 aliphatic carbocycles. The zero-order valence-corrected chi connectivity index (χ0v) is 15.5. The van der Waals surface area contributed by atoms with Crippen LogP contribution in [0.15, 0.2) is 23.0 Å². The van der Waals surface area contributed by atoms with Crippen molar-refractivity contribution < 1.29 is 0 Å². The SMILES string of the molecule is CNCCC1CCN(Cc2ccc3c(c2)sc(=O)n3C)CC1.Cl. The number of fused-ring (bicyclic) bond motifs is 1. The molecule has 3 rings (SSSR count). The summed E-state index contributed by atoms with van der Waals surface area (Å²) in [6.07, 6.45) is 3.92. The first-order valence-electron chi connectivity index (χ1n) is 8.13. The molecule has 6 heteroatoms. The summed E-state index contributed by atoms with van der Waals surface area (Å²) >= 11 is 1.35. The molecule has 0 radical (unpaired) electrons. The number of hydrogen-bond acceptors (Lipinski definition) is 4. The van der Waals surface area contributed by atoms with E-state index >= 15 is 0 Å². The predicted molar refractivity (Wildman–Crippen MR) is 101 cm³/mol. The van der Waals surface area contributed by atoms with E-state index in [-0.39, 0.29) is 17.3 Å². The quantitative estimate of drug-likeness (QED) is 0.896. The lowest BCUT2D eigenvalue weighted by Crippen LogP contribution is -2.34. The highest BCUT2D eigenvalue weighted by molar-refractivity contribution is 7.16. The fraction of sp³-hybridized carbons (Fsp3) is 0.588. The van der Waals surface area contributed by atoms with Crippen LogP contribution in [0.1, 0.15) is 24.8 Å². The molecular formula is C17H26ClN3OS. The molecule has 1 aliphatic rings.